The van der Waals surface area contributed by atoms with Crippen LogP contribution in [0.3, 0.4) is 0 Å². The first-order chi connectivity index (χ1) is 11.1. The van der Waals surface area contributed by atoms with Crippen LogP contribution in [0.1, 0.15) is 30.4 Å². The van der Waals surface area contributed by atoms with E-state index in [2.05, 4.69) is 25.7 Å². The molecule has 3 rings (SSSR count). The SMILES string of the molecule is CN(C)c1cccc(CNC(=O)NC2CCCn3ncnc32)n1. The van der Waals surface area contributed by atoms with E-state index in [0.717, 1.165) is 36.7 Å². The number of carbonyl (C=O) groups is 1. The van der Waals surface area contributed by atoms with E-state index in [1.165, 1.54) is 6.33 Å². The van der Waals surface area contributed by atoms with Gasteiger partial charge in [0.1, 0.15) is 18.0 Å². The largest absolute Gasteiger partial charge is 0.363 e. The number of fused-ring (bicyclic) bond motifs is 1. The fourth-order valence-corrected chi connectivity index (χ4v) is 2.62. The average molecular weight is 315 g/mol. The number of hydrogen-bond donors (Lipinski definition) is 2. The van der Waals surface area contributed by atoms with Crippen molar-refractivity contribution in [3.63, 3.8) is 0 Å². The smallest absolute Gasteiger partial charge is 0.315 e. The molecular weight excluding hydrogens is 294 g/mol. The lowest BCUT2D eigenvalue weighted by Crippen LogP contribution is -2.40. The molecule has 2 aromatic heterocycles. The standard InChI is InChI=1S/C15H21N7O/c1-21(2)13-7-3-5-11(19-13)9-16-15(23)20-12-6-4-8-22-14(12)17-10-18-22/h3,5,7,10,12H,4,6,8-9H2,1-2H3,(H2,16,20,23). The van der Waals surface area contributed by atoms with Gasteiger partial charge in [-0.15, -0.1) is 0 Å². The van der Waals surface area contributed by atoms with Crippen molar-refractivity contribution >= 4 is 11.8 Å². The molecule has 122 valence electrons. The summed E-state index contributed by atoms with van der Waals surface area (Å²) in [5, 5.41) is 9.96. The molecule has 23 heavy (non-hydrogen) atoms. The Morgan fingerprint density at radius 3 is 3.13 bits per heavy atom. The third kappa shape index (κ3) is 3.58. The molecule has 2 N–H and O–H groups in total. The molecule has 1 aliphatic rings. The van der Waals surface area contributed by atoms with Gasteiger partial charge in [-0.05, 0) is 25.0 Å². The number of aromatic nitrogens is 4. The van der Waals surface area contributed by atoms with Crippen LogP contribution >= 0.6 is 0 Å². The summed E-state index contributed by atoms with van der Waals surface area (Å²) in [6.45, 7) is 1.24. The average Bonchev–Trinajstić information content (AvgIpc) is 3.03. The summed E-state index contributed by atoms with van der Waals surface area (Å²) in [6.07, 6.45) is 3.39. The van der Waals surface area contributed by atoms with Crippen molar-refractivity contribution in [2.45, 2.75) is 32.0 Å². The summed E-state index contributed by atoms with van der Waals surface area (Å²) >= 11 is 0. The van der Waals surface area contributed by atoms with Gasteiger partial charge < -0.3 is 15.5 Å². The molecule has 0 aromatic carbocycles. The van der Waals surface area contributed by atoms with Crippen LogP contribution < -0.4 is 15.5 Å². The summed E-state index contributed by atoms with van der Waals surface area (Å²) in [5.74, 6) is 1.68. The van der Waals surface area contributed by atoms with Crippen LogP contribution in [0.4, 0.5) is 10.6 Å². The first-order valence-corrected chi connectivity index (χ1v) is 7.69. The van der Waals surface area contributed by atoms with Crippen molar-refractivity contribution in [2.75, 3.05) is 19.0 Å². The third-order valence-electron chi connectivity index (χ3n) is 3.81. The van der Waals surface area contributed by atoms with Crippen LogP contribution in [-0.2, 0) is 13.1 Å². The minimum Gasteiger partial charge on any atom is -0.363 e. The Balaban J connectivity index is 1.56. The lowest BCUT2D eigenvalue weighted by Gasteiger charge is -2.23. The Hall–Kier alpha value is -2.64. The molecular formula is C15H21N7O. The Kier molecular flexibility index (Phi) is 4.40. The van der Waals surface area contributed by atoms with Crippen LogP contribution in [0.5, 0.6) is 0 Å². The highest BCUT2D eigenvalue weighted by Gasteiger charge is 2.23. The summed E-state index contributed by atoms with van der Waals surface area (Å²) < 4.78 is 1.84. The van der Waals surface area contributed by atoms with E-state index in [0.29, 0.717) is 6.54 Å². The van der Waals surface area contributed by atoms with Gasteiger partial charge in [-0.3, -0.25) is 0 Å². The molecule has 0 bridgehead atoms. The van der Waals surface area contributed by atoms with Gasteiger partial charge >= 0.3 is 6.03 Å². The summed E-state index contributed by atoms with van der Waals surface area (Å²) in [7, 11) is 3.87. The molecule has 8 nitrogen and oxygen atoms in total. The number of anilines is 1. The second-order valence-electron chi connectivity index (χ2n) is 5.74. The van der Waals surface area contributed by atoms with Gasteiger partial charge in [0.25, 0.3) is 0 Å². The van der Waals surface area contributed by atoms with Crippen molar-refractivity contribution in [3.05, 3.63) is 36.0 Å². The van der Waals surface area contributed by atoms with Gasteiger partial charge in [0.2, 0.25) is 0 Å². The highest BCUT2D eigenvalue weighted by Crippen LogP contribution is 2.21. The number of nitrogens with one attached hydrogen (secondary N) is 2. The third-order valence-corrected chi connectivity index (χ3v) is 3.81. The fourth-order valence-electron chi connectivity index (χ4n) is 2.62. The van der Waals surface area contributed by atoms with Crippen molar-refractivity contribution < 1.29 is 4.79 Å². The second kappa shape index (κ2) is 6.64. The number of hydrogen-bond acceptors (Lipinski definition) is 5. The predicted octanol–water partition coefficient (Wildman–Crippen LogP) is 1.07. The van der Waals surface area contributed by atoms with Gasteiger partial charge in [0.15, 0.2) is 0 Å². The minimum absolute atomic E-state index is 0.0904. The van der Waals surface area contributed by atoms with E-state index < -0.39 is 0 Å². The van der Waals surface area contributed by atoms with E-state index in [1.807, 2.05) is 41.9 Å². The van der Waals surface area contributed by atoms with Crippen molar-refractivity contribution in [2.24, 2.45) is 0 Å². The molecule has 0 saturated carbocycles. The van der Waals surface area contributed by atoms with Crippen LogP contribution in [0, 0.1) is 0 Å². The maximum absolute atomic E-state index is 12.1. The first kappa shape index (κ1) is 15.3. The Labute approximate surface area is 134 Å². The van der Waals surface area contributed by atoms with E-state index in [1.54, 1.807) is 0 Å². The fraction of sp³-hybridized carbons (Fsp3) is 0.467. The van der Waals surface area contributed by atoms with Crippen molar-refractivity contribution in [3.8, 4) is 0 Å². The van der Waals surface area contributed by atoms with Crippen LogP contribution in [0.2, 0.25) is 0 Å². The maximum atomic E-state index is 12.1. The van der Waals surface area contributed by atoms with Crippen molar-refractivity contribution in [1.29, 1.82) is 0 Å². The topological polar surface area (TPSA) is 88.0 Å². The highest BCUT2D eigenvalue weighted by atomic mass is 16.2. The van der Waals surface area contributed by atoms with E-state index in [4.69, 9.17) is 0 Å². The maximum Gasteiger partial charge on any atom is 0.315 e. The predicted molar refractivity (Wildman–Crippen MR) is 85.9 cm³/mol. The van der Waals surface area contributed by atoms with E-state index in [9.17, 15) is 4.79 Å². The number of nitrogens with zero attached hydrogens (tertiary/aromatic N) is 5. The summed E-state index contributed by atoms with van der Waals surface area (Å²) in [4.78, 5) is 22.8. The summed E-state index contributed by atoms with van der Waals surface area (Å²) in [5.41, 5.74) is 0.818. The van der Waals surface area contributed by atoms with Gasteiger partial charge in [-0.2, -0.15) is 5.10 Å². The van der Waals surface area contributed by atoms with Gasteiger partial charge in [-0.25, -0.2) is 19.4 Å². The number of pyridine rings is 1. The lowest BCUT2D eigenvalue weighted by molar-refractivity contribution is 0.232. The Morgan fingerprint density at radius 1 is 1.43 bits per heavy atom. The van der Waals surface area contributed by atoms with E-state index in [-0.39, 0.29) is 12.1 Å². The molecule has 2 amide bonds. The van der Waals surface area contributed by atoms with Gasteiger partial charge in [0.05, 0.1) is 18.3 Å². The molecule has 0 saturated heterocycles. The lowest BCUT2D eigenvalue weighted by atomic mass is 10.1. The monoisotopic (exact) mass is 315 g/mol. The highest BCUT2D eigenvalue weighted by molar-refractivity contribution is 5.74. The van der Waals surface area contributed by atoms with Gasteiger partial charge in [0, 0.05) is 20.6 Å². The number of aryl methyl sites for hydroxylation is 1. The molecule has 1 aliphatic heterocycles. The molecule has 1 unspecified atom stereocenters. The molecule has 3 heterocycles. The number of urea groups is 1. The summed E-state index contributed by atoms with van der Waals surface area (Å²) in [6, 6.07) is 5.44. The molecule has 0 radical (unpaired) electrons. The molecule has 0 aliphatic carbocycles. The zero-order valence-corrected chi connectivity index (χ0v) is 13.4. The quantitative estimate of drug-likeness (QED) is 0.881. The molecule has 0 spiro atoms. The number of rotatable bonds is 4. The molecule has 1 atom stereocenters. The van der Waals surface area contributed by atoms with Crippen LogP contribution in [0.15, 0.2) is 24.5 Å². The Bertz CT molecular complexity index is 682. The molecule has 2 aromatic rings. The zero-order valence-electron chi connectivity index (χ0n) is 13.4. The van der Waals surface area contributed by atoms with Crippen molar-refractivity contribution in [1.82, 2.24) is 30.4 Å². The second-order valence-corrected chi connectivity index (χ2v) is 5.74. The molecule has 0 fully saturated rings. The van der Waals surface area contributed by atoms with Crippen LogP contribution in [0.25, 0.3) is 0 Å². The molecule has 8 heteroatoms. The first-order valence-electron chi connectivity index (χ1n) is 7.69. The van der Waals surface area contributed by atoms with E-state index >= 15 is 0 Å². The minimum atomic E-state index is -0.219. The normalized spacial score (nSPS) is 16.5. The van der Waals surface area contributed by atoms with Crippen LogP contribution in [-0.4, -0.2) is 39.9 Å². The number of amides is 2. The Morgan fingerprint density at radius 2 is 2.30 bits per heavy atom. The zero-order chi connectivity index (χ0) is 16.2. The van der Waals surface area contributed by atoms with Gasteiger partial charge in [-0.1, -0.05) is 6.07 Å². The number of carbonyl (C=O) groups excluding carboxylic acids is 1.